The fourth-order valence-electron chi connectivity index (χ4n) is 3.15. The second kappa shape index (κ2) is 6.62. The number of aromatic amines is 1. The smallest absolute Gasteiger partial charge is 0.414 e. The molecule has 1 aromatic heterocycles. The standard InChI is InChI=1S/C16H15F3N2O3S/c17-16(18,19)15-14-10(9-3-1-2-4-11(9)20-14)5-6-21(15)12(22)7-25-8-13(23)24/h1-4,15,20H,5-8H2,(H,23,24)/p-1/t15-/m1/s1. The molecule has 2 heterocycles. The highest BCUT2D eigenvalue weighted by Crippen LogP contribution is 2.43. The van der Waals surface area contributed by atoms with E-state index in [1.807, 2.05) is 0 Å². The molecule has 0 unspecified atom stereocenters. The summed E-state index contributed by atoms with van der Waals surface area (Å²) in [7, 11) is 0. The monoisotopic (exact) mass is 371 g/mol. The molecule has 0 aliphatic carbocycles. The number of aliphatic carboxylic acids is 1. The lowest BCUT2D eigenvalue weighted by Crippen LogP contribution is -2.47. The number of benzene rings is 1. The molecule has 0 bridgehead atoms. The number of carboxylic acids is 1. The number of alkyl halides is 3. The van der Waals surface area contributed by atoms with Crippen molar-refractivity contribution in [2.75, 3.05) is 18.1 Å². The van der Waals surface area contributed by atoms with Crippen molar-refractivity contribution in [2.24, 2.45) is 0 Å². The third-order valence-electron chi connectivity index (χ3n) is 4.11. The van der Waals surface area contributed by atoms with Crippen molar-refractivity contribution in [1.82, 2.24) is 9.88 Å². The molecule has 2 aromatic rings. The van der Waals surface area contributed by atoms with E-state index in [2.05, 4.69) is 4.98 Å². The molecule has 0 saturated carbocycles. The highest BCUT2D eigenvalue weighted by atomic mass is 32.2. The minimum atomic E-state index is -4.63. The quantitative estimate of drug-likeness (QED) is 0.887. The van der Waals surface area contributed by atoms with Crippen LogP contribution < -0.4 is 5.11 Å². The molecule has 1 aliphatic rings. The van der Waals surface area contributed by atoms with Crippen LogP contribution in [-0.2, 0) is 16.0 Å². The summed E-state index contributed by atoms with van der Waals surface area (Å²) in [6, 6.07) is 4.88. The van der Waals surface area contributed by atoms with E-state index in [-0.39, 0.29) is 18.0 Å². The summed E-state index contributed by atoms with van der Waals surface area (Å²) in [5.41, 5.74) is 1.16. The first-order valence-corrected chi connectivity index (χ1v) is 8.67. The number of hydrogen-bond donors (Lipinski definition) is 1. The van der Waals surface area contributed by atoms with Gasteiger partial charge in [0.15, 0.2) is 6.04 Å². The van der Waals surface area contributed by atoms with Gasteiger partial charge in [-0.05, 0) is 18.1 Å². The number of nitrogens with zero attached hydrogens (tertiary/aromatic N) is 1. The van der Waals surface area contributed by atoms with Crippen LogP contribution in [0, 0.1) is 0 Å². The topological polar surface area (TPSA) is 76.2 Å². The fraction of sp³-hybridized carbons (Fsp3) is 0.375. The summed E-state index contributed by atoms with van der Waals surface area (Å²) >= 11 is 0.731. The maximum Gasteiger partial charge on any atom is 0.414 e. The minimum Gasteiger partial charge on any atom is -0.549 e. The number of rotatable bonds is 4. The highest BCUT2D eigenvalue weighted by molar-refractivity contribution is 8.00. The Bertz CT molecular complexity index is 819. The maximum absolute atomic E-state index is 13.7. The van der Waals surface area contributed by atoms with Crippen LogP contribution in [0.1, 0.15) is 17.3 Å². The van der Waals surface area contributed by atoms with Gasteiger partial charge in [0, 0.05) is 23.2 Å². The van der Waals surface area contributed by atoms with Crippen LogP contribution >= 0.6 is 11.8 Å². The fourth-order valence-corrected chi connectivity index (χ4v) is 3.76. The van der Waals surface area contributed by atoms with Crippen molar-refractivity contribution in [3.05, 3.63) is 35.5 Å². The Hall–Kier alpha value is -2.16. The maximum atomic E-state index is 13.7. The Kier molecular flexibility index (Phi) is 4.68. The Balaban J connectivity index is 1.93. The van der Waals surface area contributed by atoms with Gasteiger partial charge >= 0.3 is 6.18 Å². The summed E-state index contributed by atoms with van der Waals surface area (Å²) in [6.45, 7) is -0.0657. The Morgan fingerprint density at radius 1 is 1.28 bits per heavy atom. The summed E-state index contributed by atoms with van der Waals surface area (Å²) in [5, 5.41) is 11.1. The van der Waals surface area contributed by atoms with E-state index < -0.39 is 29.8 Å². The summed E-state index contributed by atoms with van der Waals surface area (Å²) in [4.78, 5) is 26.2. The van der Waals surface area contributed by atoms with E-state index in [1.165, 1.54) is 0 Å². The largest absolute Gasteiger partial charge is 0.549 e. The Labute approximate surface area is 145 Å². The van der Waals surface area contributed by atoms with Crippen LogP contribution in [-0.4, -0.2) is 46.0 Å². The van der Waals surface area contributed by atoms with Gasteiger partial charge < -0.3 is 19.8 Å². The molecule has 1 aliphatic heterocycles. The molecule has 0 spiro atoms. The minimum absolute atomic E-state index is 0.0156. The summed E-state index contributed by atoms with van der Waals surface area (Å²) in [5.74, 6) is -2.87. The third kappa shape index (κ3) is 3.46. The third-order valence-corrected chi connectivity index (χ3v) is 5.00. The zero-order chi connectivity index (χ0) is 18.2. The van der Waals surface area contributed by atoms with Gasteiger partial charge in [0.05, 0.1) is 17.4 Å². The Morgan fingerprint density at radius 3 is 2.68 bits per heavy atom. The zero-order valence-corrected chi connectivity index (χ0v) is 13.7. The van der Waals surface area contributed by atoms with Crippen LogP contribution in [0.3, 0.4) is 0 Å². The van der Waals surface area contributed by atoms with Crippen LogP contribution in [0.5, 0.6) is 0 Å². The van der Waals surface area contributed by atoms with E-state index in [4.69, 9.17) is 0 Å². The van der Waals surface area contributed by atoms with Crippen molar-refractivity contribution in [3.63, 3.8) is 0 Å². The van der Waals surface area contributed by atoms with Gasteiger partial charge in [0.2, 0.25) is 5.91 Å². The van der Waals surface area contributed by atoms with Crippen LogP contribution in [0.25, 0.3) is 10.9 Å². The van der Waals surface area contributed by atoms with Crippen molar-refractivity contribution in [2.45, 2.75) is 18.6 Å². The first-order valence-electron chi connectivity index (χ1n) is 7.52. The number of amides is 1. The average molecular weight is 371 g/mol. The number of para-hydroxylation sites is 1. The molecule has 1 aromatic carbocycles. The van der Waals surface area contributed by atoms with Gasteiger partial charge in [-0.1, -0.05) is 18.2 Å². The number of carbonyl (C=O) groups is 2. The lowest BCUT2D eigenvalue weighted by molar-refractivity contribution is -0.301. The number of carboxylic acid groups (broad SMARTS) is 1. The number of fused-ring (bicyclic) bond motifs is 3. The normalized spacial score (nSPS) is 17.6. The molecule has 1 N–H and O–H groups in total. The number of thioether (sulfide) groups is 1. The molecule has 5 nitrogen and oxygen atoms in total. The van der Waals surface area contributed by atoms with Crippen molar-refractivity contribution >= 4 is 34.5 Å². The first kappa shape index (κ1) is 17.7. The van der Waals surface area contributed by atoms with Crippen LogP contribution in [0.2, 0.25) is 0 Å². The van der Waals surface area contributed by atoms with Gasteiger partial charge in [-0.15, -0.1) is 11.8 Å². The molecule has 1 atom stereocenters. The van der Waals surface area contributed by atoms with E-state index in [1.54, 1.807) is 24.3 Å². The number of H-pyrrole nitrogens is 1. The molecule has 0 fully saturated rings. The Morgan fingerprint density at radius 2 is 2.00 bits per heavy atom. The van der Waals surface area contributed by atoms with Gasteiger partial charge in [-0.3, -0.25) is 4.79 Å². The van der Waals surface area contributed by atoms with Gasteiger partial charge in [-0.25, -0.2) is 0 Å². The predicted molar refractivity (Wildman–Crippen MR) is 84.8 cm³/mol. The van der Waals surface area contributed by atoms with E-state index >= 15 is 0 Å². The number of halogens is 3. The molecule has 0 radical (unpaired) electrons. The SMILES string of the molecule is O=C([O-])CSCC(=O)N1CCc2c([nH]c3ccccc23)[C@@H]1C(F)(F)F. The second-order valence-corrected chi connectivity index (χ2v) is 6.69. The molecule has 134 valence electrons. The lowest BCUT2D eigenvalue weighted by atomic mass is 9.97. The molecule has 25 heavy (non-hydrogen) atoms. The predicted octanol–water partition coefficient (Wildman–Crippen LogP) is 1.64. The average Bonchev–Trinajstić information content (AvgIpc) is 2.90. The summed E-state index contributed by atoms with van der Waals surface area (Å²) < 4.78 is 41.1. The van der Waals surface area contributed by atoms with Crippen LogP contribution in [0.15, 0.2) is 24.3 Å². The lowest BCUT2D eigenvalue weighted by Gasteiger charge is -2.36. The van der Waals surface area contributed by atoms with Crippen molar-refractivity contribution in [1.29, 1.82) is 0 Å². The second-order valence-electron chi connectivity index (χ2n) is 5.71. The van der Waals surface area contributed by atoms with E-state index in [0.29, 0.717) is 17.5 Å². The van der Waals surface area contributed by atoms with Gasteiger partial charge in [0.1, 0.15) is 0 Å². The van der Waals surface area contributed by atoms with Crippen molar-refractivity contribution < 1.29 is 27.9 Å². The molecular weight excluding hydrogens is 357 g/mol. The summed E-state index contributed by atoms with van der Waals surface area (Å²) in [6.07, 6.45) is -4.33. The van der Waals surface area contributed by atoms with E-state index in [9.17, 15) is 27.9 Å². The van der Waals surface area contributed by atoms with Gasteiger partial charge in [0.25, 0.3) is 0 Å². The number of aromatic nitrogens is 1. The molecule has 9 heteroatoms. The van der Waals surface area contributed by atoms with E-state index in [0.717, 1.165) is 22.0 Å². The van der Waals surface area contributed by atoms with Gasteiger partial charge in [-0.2, -0.15) is 13.2 Å². The first-order chi connectivity index (χ1) is 11.8. The molecule has 1 amide bonds. The number of hydrogen-bond acceptors (Lipinski definition) is 4. The zero-order valence-electron chi connectivity index (χ0n) is 12.9. The van der Waals surface area contributed by atoms with Crippen molar-refractivity contribution in [3.8, 4) is 0 Å². The molecule has 3 rings (SSSR count). The number of nitrogens with one attached hydrogen (secondary N) is 1. The van der Waals surface area contributed by atoms with Crippen LogP contribution in [0.4, 0.5) is 13.2 Å². The highest BCUT2D eigenvalue weighted by Gasteiger charge is 2.50. The molecular formula is C16H14F3N2O3S-. The molecule has 0 saturated heterocycles. The number of carbonyl (C=O) groups excluding carboxylic acids is 2.